The summed E-state index contributed by atoms with van der Waals surface area (Å²) in [5.74, 6) is 0. The lowest BCUT2D eigenvalue weighted by atomic mass is 9.97. The van der Waals surface area contributed by atoms with Crippen molar-refractivity contribution in [2.45, 2.75) is 38.7 Å². The monoisotopic (exact) mass is 208 g/mol. The van der Waals surface area contributed by atoms with E-state index in [-0.39, 0.29) is 6.61 Å². The van der Waals surface area contributed by atoms with E-state index >= 15 is 0 Å². The van der Waals surface area contributed by atoms with Gasteiger partial charge in [0.25, 0.3) is 0 Å². The third-order valence-corrected chi connectivity index (χ3v) is 2.28. The molecule has 2 heteroatoms. The van der Waals surface area contributed by atoms with E-state index in [1.54, 1.807) is 0 Å². The van der Waals surface area contributed by atoms with Crippen LogP contribution >= 0.6 is 0 Å². The van der Waals surface area contributed by atoms with Crippen LogP contribution in [-0.2, 0) is 12.8 Å². The average Bonchev–Trinajstić information content (AvgIpc) is 2.14. The van der Waals surface area contributed by atoms with Crippen molar-refractivity contribution in [2.24, 2.45) is 0 Å². The SMILES string of the molecule is CC(C)(O)Cc1ccc(CCCO)cc1. The smallest absolute Gasteiger partial charge is 0.0631 e. The number of rotatable bonds is 5. The van der Waals surface area contributed by atoms with E-state index in [4.69, 9.17) is 5.11 Å². The van der Waals surface area contributed by atoms with Crippen LogP contribution in [0.3, 0.4) is 0 Å². The Bertz CT molecular complexity index is 282. The van der Waals surface area contributed by atoms with Gasteiger partial charge in [-0.3, -0.25) is 0 Å². The van der Waals surface area contributed by atoms with Crippen LogP contribution in [-0.4, -0.2) is 22.4 Å². The molecule has 0 radical (unpaired) electrons. The fourth-order valence-corrected chi connectivity index (χ4v) is 1.61. The molecule has 84 valence electrons. The summed E-state index contributed by atoms with van der Waals surface area (Å²) in [6, 6.07) is 8.23. The van der Waals surface area contributed by atoms with E-state index in [0.29, 0.717) is 6.42 Å². The summed E-state index contributed by atoms with van der Waals surface area (Å²) < 4.78 is 0. The lowest BCUT2D eigenvalue weighted by molar-refractivity contribution is 0.0810. The number of hydrogen-bond donors (Lipinski definition) is 2. The van der Waals surface area contributed by atoms with Gasteiger partial charge in [0.05, 0.1) is 5.60 Å². The van der Waals surface area contributed by atoms with Crippen molar-refractivity contribution < 1.29 is 10.2 Å². The predicted octanol–water partition coefficient (Wildman–Crippen LogP) is 1.92. The Morgan fingerprint density at radius 2 is 1.60 bits per heavy atom. The van der Waals surface area contributed by atoms with Gasteiger partial charge >= 0.3 is 0 Å². The third kappa shape index (κ3) is 4.96. The van der Waals surface area contributed by atoms with Crippen LogP contribution in [0.5, 0.6) is 0 Å². The Morgan fingerprint density at radius 3 is 2.07 bits per heavy atom. The second-order valence-electron chi connectivity index (χ2n) is 4.63. The molecular formula is C13H20O2. The summed E-state index contributed by atoms with van der Waals surface area (Å²) in [4.78, 5) is 0. The maximum Gasteiger partial charge on any atom is 0.0631 e. The largest absolute Gasteiger partial charge is 0.396 e. The van der Waals surface area contributed by atoms with E-state index in [9.17, 15) is 5.11 Å². The molecule has 0 aliphatic carbocycles. The van der Waals surface area contributed by atoms with Crippen molar-refractivity contribution in [1.82, 2.24) is 0 Å². The van der Waals surface area contributed by atoms with Crippen molar-refractivity contribution in [3.63, 3.8) is 0 Å². The average molecular weight is 208 g/mol. The zero-order chi connectivity index (χ0) is 11.3. The first-order valence-electron chi connectivity index (χ1n) is 5.42. The van der Waals surface area contributed by atoms with Gasteiger partial charge in [0, 0.05) is 13.0 Å². The van der Waals surface area contributed by atoms with Crippen LogP contribution in [0, 0.1) is 0 Å². The van der Waals surface area contributed by atoms with Crippen LogP contribution < -0.4 is 0 Å². The van der Waals surface area contributed by atoms with E-state index in [2.05, 4.69) is 12.1 Å². The van der Waals surface area contributed by atoms with Crippen LogP contribution in [0.25, 0.3) is 0 Å². The molecule has 1 rings (SSSR count). The zero-order valence-electron chi connectivity index (χ0n) is 9.53. The first-order valence-corrected chi connectivity index (χ1v) is 5.42. The fraction of sp³-hybridized carbons (Fsp3) is 0.538. The topological polar surface area (TPSA) is 40.5 Å². The molecule has 0 unspecified atom stereocenters. The standard InChI is InChI=1S/C13H20O2/c1-13(2,15)10-12-7-5-11(6-8-12)4-3-9-14/h5-8,14-15H,3-4,9-10H2,1-2H3. The van der Waals surface area contributed by atoms with E-state index in [1.165, 1.54) is 5.56 Å². The molecule has 0 amide bonds. The first-order chi connectivity index (χ1) is 7.01. The maximum absolute atomic E-state index is 9.65. The lowest BCUT2D eigenvalue weighted by Crippen LogP contribution is -2.21. The molecule has 15 heavy (non-hydrogen) atoms. The summed E-state index contributed by atoms with van der Waals surface area (Å²) in [6.45, 7) is 3.87. The highest BCUT2D eigenvalue weighted by Gasteiger charge is 2.12. The van der Waals surface area contributed by atoms with Gasteiger partial charge in [-0.05, 0) is 37.8 Å². The minimum absolute atomic E-state index is 0.241. The molecule has 0 bridgehead atoms. The normalized spacial score (nSPS) is 11.7. The van der Waals surface area contributed by atoms with Gasteiger partial charge in [0.15, 0.2) is 0 Å². The summed E-state index contributed by atoms with van der Waals surface area (Å²) >= 11 is 0. The molecule has 0 fully saturated rings. The first kappa shape index (κ1) is 12.2. The summed E-state index contributed by atoms with van der Waals surface area (Å²) in [7, 11) is 0. The Labute approximate surface area is 91.6 Å². The zero-order valence-corrected chi connectivity index (χ0v) is 9.53. The predicted molar refractivity (Wildman–Crippen MR) is 61.9 cm³/mol. The number of aliphatic hydroxyl groups is 2. The van der Waals surface area contributed by atoms with Gasteiger partial charge in [0.1, 0.15) is 0 Å². The molecule has 0 saturated carbocycles. The van der Waals surface area contributed by atoms with Gasteiger partial charge < -0.3 is 10.2 Å². The molecule has 1 aromatic carbocycles. The summed E-state index contributed by atoms with van der Waals surface area (Å²) in [6.07, 6.45) is 2.40. The van der Waals surface area contributed by atoms with Crippen molar-refractivity contribution in [1.29, 1.82) is 0 Å². The van der Waals surface area contributed by atoms with Crippen molar-refractivity contribution in [3.8, 4) is 0 Å². The highest BCUT2D eigenvalue weighted by Crippen LogP contribution is 2.13. The second-order valence-corrected chi connectivity index (χ2v) is 4.63. The lowest BCUT2D eigenvalue weighted by Gasteiger charge is -2.17. The second kappa shape index (κ2) is 5.29. The number of benzene rings is 1. The number of hydrogen-bond acceptors (Lipinski definition) is 2. The molecule has 0 heterocycles. The maximum atomic E-state index is 9.65. The Morgan fingerprint density at radius 1 is 1.07 bits per heavy atom. The van der Waals surface area contributed by atoms with Gasteiger partial charge in [0.2, 0.25) is 0 Å². The Balaban J connectivity index is 2.56. The third-order valence-electron chi connectivity index (χ3n) is 2.28. The van der Waals surface area contributed by atoms with Gasteiger partial charge in [-0.2, -0.15) is 0 Å². The van der Waals surface area contributed by atoms with Gasteiger partial charge in [-0.15, -0.1) is 0 Å². The van der Waals surface area contributed by atoms with Gasteiger partial charge in [-0.1, -0.05) is 24.3 Å². The molecule has 0 atom stereocenters. The Hall–Kier alpha value is -0.860. The summed E-state index contributed by atoms with van der Waals surface area (Å²) in [5, 5.41) is 18.4. The summed E-state index contributed by atoms with van der Waals surface area (Å²) in [5.41, 5.74) is 1.74. The molecule has 0 aliphatic rings. The van der Waals surface area contributed by atoms with E-state index < -0.39 is 5.60 Å². The highest BCUT2D eigenvalue weighted by atomic mass is 16.3. The molecule has 2 N–H and O–H groups in total. The molecule has 0 saturated heterocycles. The van der Waals surface area contributed by atoms with Gasteiger partial charge in [-0.25, -0.2) is 0 Å². The minimum Gasteiger partial charge on any atom is -0.396 e. The van der Waals surface area contributed by atoms with Crippen molar-refractivity contribution in [3.05, 3.63) is 35.4 Å². The molecule has 0 aliphatic heterocycles. The molecular weight excluding hydrogens is 188 g/mol. The van der Waals surface area contributed by atoms with Crippen LogP contribution in [0.15, 0.2) is 24.3 Å². The van der Waals surface area contributed by atoms with E-state index in [0.717, 1.165) is 18.4 Å². The molecule has 0 spiro atoms. The molecule has 1 aromatic rings. The molecule has 0 aromatic heterocycles. The number of aliphatic hydroxyl groups excluding tert-OH is 1. The van der Waals surface area contributed by atoms with E-state index in [1.807, 2.05) is 26.0 Å². The minimum atomic E-state index is -0.646. The highest BCUT2D eigenvalue weighted by molar-refractivity contribution is 5.23. The molecule has 2 nitrogen and oxygen atoms in total. The fourth-order valence-electron chi connectivity index (χ4n) is 1.61. The van der Waals surface area contributed by atoms with Crippen molar-refractivity contribution in [2.75, 3.05) is 6.61 Å². The van der Waals surface area contributed by atoms with Crippen LogP contribution in [0.4, 0.5) is 0 Å². The van der Waals surface area contributed by atoms with Crippen LogP contribution in [0.2, 0.25) is 0 Å². The van der Waals surface area contributed by atoms with Crippen molar-refractivity contribution >= 4 is 0 Å². The Kier molecular flexibility index (Phi) is 4.30. The quantitative estimate of drug-likeness (QED) is 0.776. The number of aryl methyl sites for hydroxylation is 1. The van der Waals surface area contributed by atoms with Crippen LogP contribution in [0.1, 0.15) is 31.4 Å².